The van der Waals surface area contributed by atoms with Crippen LogP contribution in [0.2, 0.25) is 0 Å². The maximum atomic E-state index is 12.6. The Morgan fingerprint density at radius 1 is 1.10 bits per heavy atom. The zero-order valence-electron chi connectivity index (χ0n) is 16.7. The molecular weight excluding hydrogens is 393 g/mol. The van der Waals surface area contributed by atoms with Gasteiger partial charge in [-0.15, -0.1) is 0 Å². The summed E-state index contributed by atoms with van der Waals surface area (Å²) in [6.07, 6.45) is -0.274. The van der Waals surface area contributed by atoms with Crippen LogP contribution in [0.5, 0.6) is 0 Å². The molecule has 3 amide bonds. The van der Waals surface area contributed by atoms with Crippen molar-refractivity contribution >= 4 is 25.0 Å². The molecule has 164 valence electrons. The van der Waals surface area contributed by atoms with Crippen LogP contribution < -0.4 is 10.6 Å². The van der Waals surface area contributed by atoms with Crippen molar-refractivity contribution in [3.8, 4) is 0 Å². The first kappa shape index (κ1) is 23.7. The number of ether oxygens (including phenoxy) is 1. The molecule has 0 spiro atoms. The lowest BCUT2D eigenvalue weighted by atomic mass is 9.76. The van der Waals surface area contributed by atoms with E-state index in [2.05, 4.69) is 5.32 Å². The Labute approximate surface area is 175 Å². The number of benzene rings is 1. The fourth-order valence-electron chi connectivity index (χ4n) is 3.22. The number of carbonyl (C=O) groups excluding carboxylic acids is 2. The lowest BCUT2D eigenvalue weighted by molar-refractivity contribution is -0.138. The fraction of sp³-hybridized carbons (Fsp3) is 0.526. The van der Waals surface area contributed by atoms with Gasteiger partial charge in [0.05, 0.1) is 25.6 Å². The summed E-state index contributed by atoms with van der Waals surface area (Å²) >= 11 is 0. The van der Waals surface area contributed by atoms with Gasteiger partial charge in [-0.3, -0.25) is 9.59 Å². The third-order valence-corrected chi connectivity index (χ3v) is 4.87. The number of hydrogen-bond acceptors (Lipinski definition) is 6. The van der Waals surface area contributed by atoms with Crippen LogP contribution in [0.25, 0.3) is 0 Å². The summed E-state index contributed by atoms with van der Waals surface area (Å²) in [5.41, 5.74) is 1.08. The average Bonchev–Trinajstić information content (AvgIpc) is 2.73. The molecule has 2 unspecified atom stereocenters. The molecule has 1 aliphatic rings. The van der Waals surface area contributed by atoms with E-state index in [1.54, 1.807) is 0 Å². The van der Waals surface area contributed by atoms with Gasteiger partial charge in [0.2, 0.25) is 11.8 Å². The highest BCUT2D eigenvalue weighted by Crippen LogP contribution is 2.09. The fourth-order valence-corrected chi connectivity index (χ4v) is 3.22. The maximum Gasteiger partial charge on any atom is 0.475 e. The highest BCUT2D eigenvalue weighted by atomic mass is 16.5. The van der Waals surface area contributed by atoms with Gasteiger partial charge in [0, 0.05) is 13.1 Å². The molecule has 0 radical (unpaired) electrons. The van der Waals surface area contributed by atoms with E-state index in [1.165, 1.54) is 4.90 Å². The lowest BCUT2D eigenvalue weighted by Gasteiger charge is -2.28. The van der Waals surface area contributed by atoms with Crippen LogP contribution in [0.1, 0.15) is 24.8 Å². The second-order valence-corrected chi connectivity index (χ2v) is 7.11. The predicted octanol–water partition coefficient (Wildman–Crippen LogP) is -0.609. The van der Waals surface area contributed by atoms with Crippen LogP contribution >= 0.6 is 0 Å². The molecule has 11 heteroatoms. The van der Waals surface area contributed by atoms with Crippen LogP contribution in [0.4, 0.5) is 4.79 Å². The summed E-state index contributed by atoms with van der Waals surface area (Å²) in [6, 6.07) is 8.28. The minimum Gasteiger partial charge on any atom is -0.465 e. The zero-order valence-corrected chi connectivity index (χ0v) is 16.7. The summed E-state index contributed by atoms with van der Waals surface area (Å²) in [5.74, 6) is -2.15. The van der Waals surface area contributed by atoms with Gasteiger partial charge in [-0.05, 0) is 24.8 Å². The smallest absolute Gasteiger partial charge is 0.465 e. The van der Waals surface area contributed by atoms with Crippen LogP contribution in [0.15, 0.2) is 30.3 Å². The van der Waals surface area contributed by atoms with Gasteiger partial charge in [0.25, 0.3) is 0 Å². The Kier molecular flexibility index (Phi) is 9.58. The quantitative estimate of drug-likeness (QED) is 0.317. The van der Waals surface area contributed by atoms with Crippen molar-refractivity contribution in [2.75, 3.05) is 26.3 Å². The molecule has 1 saturated heterocycles. The Hall–Kier alpha value is -2.63. The van der Waals surface area contributed by atoms with Gasteiger partial charge >= 0.3 is 13.2 Å². The van der Waals surface area contributed by atoms with Gasteiger partial charge in [-0.2, -0.15) is 0 Å². The van der Waals surface area contributed by atoms with Gasteiger partial charge in [0.1, 0.15) is 6.04 Å². The highest BCUT2D eigenvalue weighted by Gasteiger charge is 2.31. The average molecular weight is 421 g/mol. The molecular formula is C19H28BN3O7. The van der Waals surface area contributed by atoms with Crippen molar-refractivity contribution < 1.29 is 34.3 Å². The number of nitrogens with zero attached hydrogens (tertiary/aromatic N) is 1. The van der Waals surface area contributed by atoms with Crippen LogP contribution in [0, 0.1) is 0 Å². The molecule has 5 N–H and O–H groups in total. The number of carboxylic acid groups (broad SMARTS) is 1. The van der Waals surface area contributed by atoms with Crippen molar-refractivity contribution in [2.24, 2.45) is 0 Å². The van der Waals surface area contributed by atoms with Crippen LogP contribution in [-0.2, 0) is 20.7 Å². The normalized spacial score (nSPS) is 15.7. The van der Waals surface area contributed by atoms with E-state index in [4.69, 9.17) is 9.84 Å². The first-order valence-electron chi connectivity index (χ1n) is 9.92. The molecule has 30 heavy (non-hydrogen) atoms. The van der Waals surface area contributed by atoms with Crippen molar-refractivity contribution in [3.05, 3.63) is 35.9 Å². The summed E-state index contributed by atoms with van der Waals surface area (Å²) in [5, 5.41) is 32.8. The molecule has 0 saturated carbocycles. The van der Waals surface area contributed by atoms with E-state index in [1.807, 2.05) is 35.6 Å². The monoisotopic (exact) mass is 421 g/mol. The Balaban J connectivity index is 1.92. The van der Waals surface area contributed by atoms with E-state index in [0.29, 0.717) is 39.1 Å². The summed E-state index contributed by atoms with van der Waals surface area (Å²) in [6.45, 7) is 1.51. The van der Waals surface area contributed by atoms with Crippen molar-refractivity contribution in [3.63, 3.8) is 0 Å². The molecule has 1 heterocycles. The minimum absolute atomic E-state index is 0.273. The van der Waals surface area contributed by atoms with Crippen molar-refractivity contribution in [1.29, 1.82) is 0 Å². The largest absolute Gasteiger partial charge is 0.475 e. The number of aryl methyl sites for hydroxylation is 1. The van der Waals surface area contributed by atoms with Crippen molar-refractivity contribution in [2.45, 2.75) is 37.7 Å². The van der Waals surface area contributed by atoms with Crippen LogP contribution in [-0.4, -0.2) is 83.4 Å². The van der Waals surface area contributed by atoms with E-state index in [9.17, 15) is 24.4 Å². The number of rotatable bonds is 10. The Bertz CT molecular complexity index is 699. The van der Waals surface area contributed by atoms with Crippen LogP contribution in [0.3, 0.4) is 0 Å². The predicted molar refractivity (Wildman–Crippen MR) is 108 cm³/mol. The third kappa shape index (κ3) is 8.01. The van der Waals surface area contributed by atoms with Gasteiger partial charge in [-0.25, -0.2) is 4.79 Å². The summed E-state index contributed by atoms with van der Waals surface area (Å²) < 4.78 is 5.18. The molecule has 1 aromatic carbocycles. The molecule has 1 aromatic rings. The zero-order chi connectivity index (χ0) is 21.9. The number of amides is 3. The van der Waals surface area contributed by atoms with E-state index in [-0.39, 0.29) is 18.7 Å². The third-order valence-electron chi connectivity index (χ3n) is 4.87. The second kappa shape index (κ2) is 12.2. The number of carbonyl (C=O) groups is 3. The molecule has 10 nitrogen and oxygen atoms in total. The van der Waals surface area contributed by atoms with Gasteiger partial charge < -0.3 is 35.4 Å². The summed E-state index contributed by atoms with van der Waals surface area (Å²) in [4.78, 5) is 37.6. The topological polar surface area (TPSA) is 148 Å². The molecule has 1 aliphatic heterocycles. The molecule has 0 bridgehead atoms. The molecule has 0 aliphatic carbocycles. The summed E-state index contributed by atoms with van der Waals surface area (Å²) in [7, 11) is -1.81. The second-order valence-electron chi connectivity index (χ2n) is 7.11. The van der Waals surface area contributed by atoms with Gasteiger partial charge in [0.15, 0.2) is 0 Å². The van der Waals surface area contributed by atoms with E-state index < -0.39 is 31.1 Å². The molecule has 0 aromatic heterocycles. The Morgan fingerprint density at radius 3 is 2.37 bits per heavy atom. The van der Waals surface area contributed by atoms with E-state index >= 15 is 0 Å². The first-order valence-corrected chi connectivity index (χ1v) is 9.92. The maximum absolute atomic E-state index is 12.6. The Morgan fingerprint density at radius 2 is 1.77 bits per heavy atom. The highest BCUT2D eigenvalue weighted by molar-refractivity contribution is 6.43. The van der Waals surface area contributed by atoms with E-state index in [0.717, 1.165) is 5.56 Å². The minimum atomic E-state index is -1.81. The molecule has 2 rings (SSSR count). The molecule has 1 fully saturated rings. The SMILES string of the molecule is O=C(O)NC(CC(=O)N1CCOCC1)C(=O)NC(CCCc1ccccc1)B(O)O. The van der Waals surface area contributed by atoms with Gasteiger partial charge in [-0.1, -0.05) is 30.3 Å². The number of morpholine rings is 1. The van der Waals surface area contributed by atoms with Crippen molar-refractivity contribution in [1.82, 2.24) is 15.5 Å². The number of hydrogen-bond donors (Lipinski definition) is 5. The number of nitrogens with one attached hydrogen (secondary N) is 2. The lowest BCUT2D eigenvalue weighted by Crippen LogP contribution is -2.55. The standard InChI is InChI=1S/C19H28BN3O7/c24-17(23-9-11-30-12-10-23)13-15(21-19(26)27)18(25)22-16(20(28)29)8-4-7-14-5-2-1-3-6-14/h1-3,5-6,15-16,21,28-29H,4,7-13H2,(H,22,25)(H,26,27). The molecule has 2 atom stereocenters. The first-order chi connectivity index (χ1) is 14.4.